The van der Waals surface area contributed by atoms with Gasteiger partial charge in [0.1, 0.15) is 5.82 Å². The molecule has 1 atom stereocenters. The summed E-state index contributed by atoms with van der Waals surface area (Å²) in [6.07, 6.45) is -0.209. The molecule has 0 bridgehead atoms. The molecule has 1 heterocycles. The van der Waals surface area contributed by atoms with Crippen molar-refractivity contribution in [1.29, 1.82) is 0 Å². The Morgan fingerprint density at radius 2 is 1.86 bits per heavy atom. The Balaban J connectivity index is 2.40. The number of hydrogen-bond acceptors (Lipinski definition) is 3. The van der Waals surface area contributed by atoms with E-state index < -0.39 is 35.9 Å². The molecular formula is C15H19BBrFO4. The maximum atomic E-state index is 13.8. The number of rotatable bonds is 4. The van der Waals surface area contributed by atoms with Gasteiger partial charge in [0.2, 0.25) is 0 Å². The van der Waals surface area contributed by atoms with E-state index in [0.717, 1.165) is 0 Å². The largest absolute Gasteiger partial charge is 0.481 e. The Labute approximate surface area is 138 Å². The molecular weight excluding hydrogens is 354 g/mol. The number of halogens is 2. The summed E-state index contributed by atoms with van der Waals surface area (Å²) in [5.74, 6) is -2.04. The van der Waals surface area contributed by atoms with Crippen LogP contribution in [0, 0.1) is 5.82 Å². The molecule has 1 aliphatic heterocycles. The highest BCUT2D eigenvalue weighted by Gasteiger charge is 2.54. The highest BCUT2D eigenvalue weighted by atomic mass is 79.9. The molecule has 7 heteroatoms. The maximum absolute atomic E-state index is 13.8. The van der Waals surface area contributed by atoms with Gasteiger partial charge in [-0.2, -0.15) is 0 Å². The van der Waals surface area contributed by atoms with Crippen LogP contribution in [0.1, 0.15) is 45.5 Å². The topological polar surface area (TPSA) is 55.8 Å². The average Bonchev–Trinajstić information content (AvgIpc) is 2.59. The Hall–Kier alpha value is -0.915. The van der Waals surface area contributed by atoms with E-state index in [1.54, 1.807) is 12.1 Å². The minimum atomic E-state index is -0.990. The van der Waals surface area contributed by atoms with Crippen molar-refractivity contribution >= 4 is 29.0 Å². The quantitative estimate of drug-likeness (QED) is 0.817. The third-order valence-electron chi connectivity index (χ3n) is 4.38. The summed E-state index contributed by atoms with van der Waals surface area (Å²) in [6, 6.07) is 4.55. The highest BCUT2D eigenvalue weighted by molar-refractivity contribution is 9.10. The predicted octanol–water partition coefficient (Wildman–Crippen LogP) is 3.78. The lowest BCUT2D eigenvalue weighted by Crippen LogP contribution is -2.41. The van der Waals surface area contributed by atoms with Crippen LogP contribution in [-0.2, 0) is 14.1 Å². The summed E-state index contributed by atoms with van der Waals surface area (Å²) in [4.78, 5) is 11.2. The molecule has 2 rings (SSSR count). The molecule has 0 amide bonds. The molecule has 1 unspecified atom stereocenters. The summed E-state index contributed by atoms with van der Waals surface area (Å²) >= 11 is 3.20. The first-order valence-electron chi connectivity index (χ1n) is 7.06. The number of carboxylic acids is 1. The van der Waals surface area contributed by atoms with E-state index in [1.165, 1.54) is 6.07 Å². The molecule has 1 fully saturated rings. The third-order valence-corrected chi connectivity index (χ3v) is 5.21. The van der Waals surface area contributed by atoms with Gasteiger partial charge in [-0.1, -0.05) is 12.1 Å². The van der Waals surface area contributed by atoms with Crippen molar-refractivity contribution in [1.82, 2.24) is 0 Å². The summed E-state index contributed by atoms with van der Waals surface area (Å²) in [5, 5.41) is 9.21. The monoisotopic (exact) mass is 372 g/mol. The van der Waals surface area contributed by atoms with Crippen molar-refractivity contribution in [2.24, 2.45) is 0 Å². The summed E-state index contributed by atoms with van der Waals surface area (Å²) in [7, 11) is -0.751. The van der Waals surface area contributed by atoms with Gasteiger partial charge in [0.15, 0.2) is 0 Å². The van der Waals surface area contributed by atoms with Gasteiger partial charge >= 0.3 is 13.1 Å². The van der Waals surface area contributed by atoms with Crippen LogP contribution in [-0.4, -0.2) is 29.4 Å². The molecule has 0 saturated carbocycles. The molecule has 0 spiro atoms. The summed E-state index contributed by atoms with van der Waals surface area (Å²) < 4.78 is 25.9. The smallest absolute Gasteiger partial charge is 0.466 e. The number of aliphatic carboxylic acids is 1. The molecule has 4 nitrogen and oxygen atoms in total. The number of benzene rings is 1. The van der Waals surface area contributed by atoms with Gasteiger partial charge in [-0.15, -0.1) is 0 Å². The van der Waals surface area contributed by atoms with Crippen molar-refractivity contribution in [2.45, 2.75) is 51.1 Å². The first kappa shape index (κ1) is 17.4. The molecule has 120 valence electrons. The van der Waals surface area contributed by atoms with Crippen molar-refractivity contribution in [2.75, 3.05) is 0 Å². The molecule has 0 aromatic heterocycles. The lowest BCUT2D eigenvalue weighted by molar-refractivity contribution is -0.137. The van der Waals surface area contributed by atoms with E-state index in [4.69, 9.17) is 9.31 Å². The molecule has 0 radical (unpaired) electrons. The van der Waals surface area contributed by atoms with E-state index in [0.29, 0.717) is 5.56 Å². The number of carbonyl (C=O) groups is 1. The molecule has 1 N–H and O–H groups in total. The minimum Gasteiger partial charge on any atom is -0.481 e. The second-order valence-electron chi connectivity index (χ2n) is 6.47. The van der Waals surface area contributed by atoms with E-state index in [1.807, 2.05) is 27.7 Å². The standard InChI is InChI=1S/C15H19BBrFO4/c1-14(2)15(3,4)22-16(21-14)10(8-12(19)20)9-6-5-7-11(18)13(9)17/h5-7,10H,8H2,1-4H3,(H,19,20). The van der Waals surface area contributed by atoms with E-state index >= 15 is 0 Å². The zero-order valence-electron chi connectivity index (χ0n) is 13.0. The van der Waals surface area contributed by atoms with Crippen LogP contribution in [0.4, 0.5) is 4.39 Å². The van der Waals surface area contributed by atoms with Crippen LogP contribution in [0.15, 0.2) is 22.7 Å². The van der Waals surface area contributed by atoms with Crippen LogP contribution in [0.2, 0.25) is 0 Å². The third kappa shape index (κ3) is 3.21. The summed E-state index contributed by atoms with van der Waals surface area (Å²) in [6.45, 7) is 7.58. The van der Waals surface area contributed by atoms with Gasteiger partial charge in [-0.05, 0) is 55.3 Å². The lowest BCUT2D eigenvalue weighted by Gasteiger charge is -2.32. The fourth-order valence-corrected chi connectivity index (χ4v) is 2.96. The number of carboxylic acid groups (broad SMARTS) is 1. The first-order valence-corrected chi connectivity index (χ1v) is 7.86. The van der Waals surface area contributed by atoms with Crippen molar-refractivity contribution in [3.8, 4) is 0 Å². The molecule has 22 heavy (non-hydrogen) atoms. The average molecular weight is 373 g/mol. The van der Waals surface area contributed by atoms with Crippen LogP contribution in [0.3, 0.4) is 0 Å². The van der Waals surface area contributed by atoms with Crippen molar-refractivity contribution in [3.63, 3.8) is 0 Å². The van der Waals surface area contributed by atoms with Crippen LogP contribution < -0.4 is 0 Å². The second-order valence-corrected chi connectivity index (χ2v) is 7.27. The number of hydrogen-bond donors (Lipinski definition) is 1. The fraction of sp³-hybridized carbons (Fsp3) is 0.533. The van der Waals surface area contributed by atoms with Crippen molar-refractivity contribution in [3.05, 3.63) is 34.1 Å². The van der Waals surface area contributed by atoms with E-state index in [-0.39, 0.29) is 10.9 Å². The Bertz CT molecular complexity index is 575. The van der Waals surface area contributed by atoms with Gasteiger partial charge in [0.25, 0.3) is 0 Å². The Kier molecular flexibility index (Phi) is 4.71. The van der Waals surface area contributed by atoms with Gasteiger partial charge in [-0.25, -0.2) is 4.39 Å². The van der Waals surface area contributed by atoms with Gasteiger partial charge in [0.05, 0.1) is 22.1 Å². The minimum absolute atomic E-state index is 0.209. The van der Waals surface area contributed by atoms with Gasteiger partial charge < -0.3 is 14.4 Å². The lowest BCUT2D eigenvalue weighted by atomic mass is 9.66. The van der Waals surface area contributed by atoms with E-state index in [2.05, 4.69) is 15.9 Å². The second kappa shape index (κ2) is 5.94. The zero-order valence-corrected chi connectivity index (χ0v) is 14.6. The first-order chi connectivity index (χ1) is 10.0. The van der Waals surface area contributed by atoms with Crippen molar-refractivity contribution < 1.29 is 23.6 Å². The van der Waals surface area contributed by atoms with Crippen LogP contribution in [0.25, 0.3) is 0 Å². The maximum Gasteiger partial charge on any atom is 0.466 e. The SMILES string of the molecule is CC1(C)OB(C(CC(=O)O)c2cccc(F)c2Br)OC1(C)C. The fourth-order valence-electron chi connectivity index (χ4n) is 2.40. The Morgan fingerprint density at radius 3 is 2.36 bits per heavy atom. The predicted molar refractivity (Wildman–Crippen MR) is 85.2 cm³/mol. The molecule has 1 aromatic carbocycles. The summed E-state index contributed by atoms with van der Waals surface area (Å²) in [5.41, 5.74) is -0.622. The molecule has 1 saturated heterocycles. The molecule has 1 aromatic rings. The van der Waals surface area contributed by atoms with Gasteiger partial charge in [-0.3, -0.25) is 4.79 Å². The van der Waals surface area contributed by atoms with Crippen LogP contribution in [0.5, 0.6) is 0 Å². The highest BCUT2D eigenvalue weighted by Crippen LogP contribution is 2.43. The van der Waals surface area contributed by atoms with Crippen LogP contribution >= 0.6 is 15.9 Å². The van der Waals surface area contributed by atoms with Gasteiger partial charge in [0, 0.05) is 5.82 Å². The normalized spacial score (nSPS) is 20.9. The Morgan fingerprint density at radius 1 is 1.32 bits per heavy atom. The molecule has 1 aliphatic rings. The molecule has 0 aliphatic carbocycles. The van der Waals surface area contributed by atoms with E-state index in [9.17, 15) is 14.3 Å². The zero-order chi connectivity index (χ0) is 16.7.